The van der Waals surface area contributed by atoms with Gasteiger partial charge in [0.25, 0.3) is 0 Å². The van der Waals surface area contributed by atoms with Gasteiger partial charge in [-0.15, -0.1) is 0 Å². The molecule has 0 saturated heterocycles. The predicted molar refractivity (Wildman–Crippen MR) is 43.8 cm³/mol. The van der Waals surface area contributed by atoms with Crippen LogP contribution in [0.1, 0.15) is 40.0 Å². The first kappa shape index (κ1) is 9.93. The molecule has 0 aliphatic rings. The summed E-state index contributed by atoms with van der Waals surface area (Å²) in [4.78, 5) is 0. The minimum absolute atomic E-state index is 0.150. The molecule has 0 heterocycles. The first-order valence-electron chi connectivity index (χ1n) is 4.28. The van der Waals surface area contributed by atoms with Crippen LogP contribution in [0.4, 0.5) is 4.39 Å². The van der Waals surface area contributed by atoms with E-state index in [4.69, 9.17) is 0 Å². The van der Waals surface area contributed by atoms with Crippen LogP contribution < -0.4 is 0 Å². The first-order chi connectivity index (χ1) is 4.72. The van der Waals surface area contributed by atoms with Crippen LogP contribution in [0, 0.1) is 11.8 Å². The highest BCUT2D eigenvalue weighted by atomic mass is 19.1. The fraction of sp³-hybridized carbons (Fsp3) is 1.00. The Balaban J connectivity index is 3.40. The van der Waals surface area contributed by atoms with Crippen molar-refractivity contribution in [2.75, 3.05) is 6.67 Å². The molecule has 0 aliphatic carbocycles. The summed E-state index contributed by atoms with van der Waals surface area (Å²) in [5.41, 5.74) is 0. The van der Waals surface area contributed by atoms with Gasteiger partial charge in [0.1, 0.15) is 0 Å². The molecule has 62 valence electrons. The molecule has 0 rings (SSSR count). The fourth-order valence-corrected chi connectivity index (χ4v) is 1.35. The number of halogens is 1. The van der Waals surface area contributed by atoms with E-state index in [0.717, 1.165) is 24.7 Å². The molecular formula is C9H19F. The number of hydrogen-bond acceptors (Lipinski definition) is 0. The zero-order valence-corrected chi connectivity index (χ0v) is 7.36. The Morgan fingerprint density at radius 1 is 1.30 bits per heavy atom. The molecule has 0 bridgehead atoms. The fourth-order valence-electron chi connectivity index (χ4n) is 1.35. The van der Waals surface area contributed by atoms with E-state index in [1.54, 1.807) is 0 Å². The van der Waals surface area contributed by atoms with Crippen molar-refractivity contribution in [2.45, 2.75) is 40.0 Å². The van der Waals surface area contributed by atoms with Gasteiger partial charge in [-0.05, 0) is 24.7 Å². The minimum Gasteiger partial charge on any atom is -0.251 e. The van der Waals surface area contributed by atoms with Gasteiger partial charge in [0.05, 0.1) is 6.67 Å². The Bertz CT molecular complexity index is 69.1. The van der Waals surface area contributed by atoms with Gasteiger partial charge in [-0.3, -0.25) is 4.39 Å². The molecule has 0 fully saturated rings. The van der Waals surface area contributed by atoms with Gasteiger partial charge in [0.2, 0.25) is 0 Å². The second-order valence-electron chi connectivity index (χ2n) is 3.24. The van der Waals surface area contributed by atoms with Crippen molar-refractivity contribution in [3.05, 3.63) is 0 Å². The van der Waals surface area contributed by atoms with Gasteiger partial charge >= 0.3 is 0 Å². The maximum absolute atomic E-state index is 11.8. The molecule has 0 saturated carbocycles. The Labute approximate surface area is 63.8 Å². The molecule has 0 radical (unpaired) electrons. The standard InChI is InChI=1S/C9H19F/c1-4-9(8(2)3)6-5-7-10/h8-9H,4-7H2,1-3H3. The number of hydrogen-bond donors (Lipinski definition) is 0. The third kappa shape index (κ3) is 3.86. The molecule has 0 aromatic rings. The molecule has 0 amide bonds. The van der Waals surface area contributed by atoms with Gasteiger partial charge < -0.3 is 0 Å². The van der Waals surface area contributed by atoms with E-state index in [-0.39, 0.29) is 6.67 Å². The lowest BCUT2D eigenvalue weighted by molar-refractivity contribution is 0.320. The van der Waals surface area contributed by atoms with E-state index >= 15 is 0 Å². The Kier molecular flexibility index (Phi) is 5.66. The highest BCUT2D eigenvalue weighted by molar-refractivity contribution is 4.60. The zero-order chi connectivity index (χ0) is 7.98. The number of rotatable bonds is 5. The van der Waals surface area contributed by atoms with Gasteiger partial charge in [0, 0.05) is 0 Å². The highest BCUT2D eigenvalue weighted by Gasteiger charge is 2.09. The van der Waals surface area contributed by atoms with E-state index in [0.29, 0.717) is 0 Å². The van der Waals surface area contributed by atoms with Crippen LogP contribution in [0.3, 0.4) is 0 Å². The lowest BCUT2D eigenvalue weighted by atomic mass is 9.89. The Hall–Kier alpha value is -0.0700. The summed E-state index contributed by atoms with van der Waals surface area (Å²) in [6.07, 6.45) is 3.00. The molecular weight excluding hydrogens is 127 g/mol. The van der Waals surface area contributed by atoms with Crippen molar-refractivity contribution in [1.29, 1.82) is 0 Å². The normalized spacial score (nSPS) is 14.1. The quantitative estimate of drug-likeness (QED) is 0.557. The van der Waals surface area contributed by atoms with Crippen molar-refractivity contribution in [2.24, 2.45) is 11.8 Å². The average molecular weight is 146 g/mol. The molecule has 0 aromatic heterocycles. The van der Waals surface area contributed by atoms with Crippen molar-refractivity contribution < 1.29 is 4.39 Å². The first-order valence-corrected chi connectivity index (χ1v) is 4.28. The van der Waals surface area contributed by atoms with E-state index in [2.05, 4.69) is 20.8 Å². The van der Waals surface area contributed by atoms with Crippen molar-refractivity contribution >= 4 is 0 Å². The highest BCUT2D eigenvalue weighted by Crippen LogP contribution is 2.20. The third-order valence-corrected chi connectivity index (χ3v) is 2.18. The average Bonchev–Trinajstić information content (AvgIpc) is 1.89. The zero-order valence-electron chi connectivity index (χ0n) is 7.36. The van der Waals surface area contributed by atoms with Crippen LogP contribution in [0.25, 0.3) is 0 Å². The van der Waals surface area contributed by atoms with Gasteiger partial charge in [-0.1, -0.05) is 27.2 Å². The van der Waals surface area contributed by atoms with Gasteiger partial charge in [-0.2, -0.15) is 0 Å². The molecule has 0 nitrogen and oxygen atoms in total. The predicted octanol–water partition coefficient (Wildman–Crippen LogP) is 3.42. The SMILES string of the molecule is CCC(CCCF)C(C)C. The summed E-state index contributed by atoms with van der Waals surface area (Å²) in [5, 5.41) is 0. The van der Waals surface area contributed by atoms with E-state index in [1.165, 1.54) is 6.42 Å². The van der Waals surface area contributed by atoms with Crippen molar-refractivity contribution in [3.8, 4) is 0 Å². The van der Waals surface area contributed by atoms with Crippen molar-refractivity contribution in [3.63, 3.8) is 0 Å². The maximum Gasteiger partial charge on any atom is 0.0894 e. The summed E-state index contributed by atoms with van der Waals surface area (Å²) in [6, 6.07) is 0. The van der Waals surface area contributed by atoms with Crippen LogP contribution in [0.2, 0.25) is 0 Å². The largest absolute Gasteiger partial charge is 0.251 e. The topological polar surface area (TPSA) is 0 Å². The molecule has 0 N–H and O–H groups in total. The lowest BCUT2D eigenvalue weighted by Crippen LogP contribution is -2.07. The van der Waals surface area contributed by atoms with Crippen LogP contribution >= 0.6 is 0 Å². The summed E-state index contributed by atoms with van der Waals surface area (Å²) in [7, 11) is 0. The number of alkyl halides is 1. The third-order valence-electron chi connectivity index (χ3n) is 2.18. The molecule has 10 heavy (non-hydrogen) atoms. The molecule has 1 heteroatoms. The lowest BCUT2D eigenvalue weighted by Gasteiger charge is -2.17. The summed E-state index contributed by atoms with van der Waals surface area (Å²) < 4.78 is 11.8. The smallest absolute Gasteiger partial charge is 0.0894 e. The second-order valence-corrected chi connectivity index (χ2v) is 3.24. The molecule has 1 atom stereocenters. The molecule has 0 spiro atoms. The van der Waals surface area contributed by atoms with E-state index < -0.39 is 0 Å². The van der Waals surface area contributed by atoms with Crippen LogP contribution in [-0.4, -0.2) is 6.67 Å². The van der Waals surface area contributed by atoms with E-state index in [1.807, 2.05) is 0 Å². The molecule has 0 aromatic carbocycles. The summed E-state index contributed by atoms with van der Waals surface area (Å²) in [6.45, 7) is 6.46. The molecule has 1 unspecified atom stereocenters. The van der Waals surface area contributed by atoms with Crippen LogP contribution in [-0.2, 0) is 0 Å². The van der Waals surface area contributed by atoms with Crippen LogP contribution in [0.15, 0.2) is 0 Å². The Morgan fingerprint density at radius 2 is 1.90 bits per heavy atom. The monoisotopic (exact) mass is 146 g/mol. The minimum atomic E-state index is -0.150. The molecule has 0 aliphatic heterocycles. The Morgan fingerprint density at radius 3 is 2.20 bits per heavy atom. The second kappa shape index (κ2) is 5.70. The summed E-state index contributed by atoms with van der Waals surface area (Å²) in [5.74, 6) is 1.45. The maximum atomic E-state index is 11.8. The van der Waals surface area contributed by atoms with Crippen molar-refractivity contribution in [1.82, 2.24) is 0 Å². The van der Waals surface area contributed by atoms with Crippen LogP contribution in [0.5, 0.6) is 0 Å². The van der Waals surface area contributed by atoms with Gasteiger partial charge in [-0.25, -0.2) is 0 Å². The summed E-state index contributed by atoms with van der Waals surface area (Å²) >= 11 is 0. The van der Waals surface area contributed by atoms with Gasteiger partial charge in [0.15, 0.2) is 0 Å². The van der Waals surface area contributed by atoms with E-state index in [9.17, 15) is 4.39 Å².